The second-order valence-corrected chi connectivity index (χ2v) is 9.73. The lowest BCUT2D eigenvalue weighted by Crippen LogP contribution is -2.48. The molecule has 3 N–H and O–H groups in total. The number of urea groups is 1. The first-order valence-electron chi connectivity index (χ1n) is 12.6. The van der Waals surface area contributed by atoms with Gasteiger partial charge in [0.05, 0.1) is 12.1 Å². The molecule has 9 heteroatoms. The van der Waals surface area contributed by atoms with Gasteiger partial charge in [-0.25, -0.2) is 4.79 Å². The van der Waals surface area contributed by atoms with Gasteiger partial charge in [-0.15, -0.1) is 0 Å². The number of hydrogen-bond donors (Lipinski definition) is 2. The Bertz CT molecular complexity index is 964. The molecule has 35 heavy (non-hydrogen) atoms. The highest BCUT2D eigenvalue weighted by atomic mass is 19.4. The summed E-state index contributed by atoms with van der Waals surface area (Å²) < 4.78 is 45.1. The van der Waals surface area contributed by atoms with Crippen molar-refractivity contribution in [3.63, 3.8) is 0 Å². The fourth-order valence-corrected chi connectivity index (χ4v) is 5.12. The maximum atomic E-state index is 13.1. The van der Waals surface area contributed by atoms with Crippen molar-refractivity contribution >= 4 is 6.03 Å². The second-order valence-electron chi connectivity index (χ2n) is 9.73. The average Bonchev–Trinajstić information content (AvgIpc) is 3.52. The molecule has 1 aliphatic heterocycles. The Hall–Kier alpha value is -2.52. The monoisotopic (exact) mass is 492 g/mol. The molecule has 0 unspecified atom stereocenters. The van der Waals surface area contributed by atoms with Crippen LogP contribution in [0.25, 0.3) is 11.3 Å². The number of nitrogens with two attached hydrogens (primary N) is 1. The van der Waals surface area contributed by atoms with Gasteiger partial charge in [-0.3, -0.25) is 4.90 Å². The summed E-state index contributed by atoms with van der Waals surface area (Å²) in [4.78, 5) is 16.7. The quantitative estimate of drug-likeness (QED) is 0.538. The summed E-state index contributed by atoms with van der Waals surface area (Å²) in [6, 6.07) is 9.09. The van der Waals surface area contributed by atoms with Crippen LogP contribution in [0.2, 0.25) is 0 Å². The van der Waals surface area contributed by atoms with Gasteiger partial charge in [0.15, 0.2) is 0 Å². The van der Waals surface area contributed by atoms with Crippen molar-refractivity contribution < 1.29 is 22.4 Å². The summed E-state index contributed by atoms with van der Waals surface area (Å²) >= 11 is 0. The number of nitrogens with zero attached hydrogens (tertiary/aromatic N) is 2. The minimum absolute atomic E-state index is 0.0619. The SMILES string of the molecule is NCCN(Cc1ccc(-c2cccc(C(F)(F)F)c2)o1)CC1CCN(C(=O)NC2CCCC2)CC1. The summed E-state index contributed by atoms with van der Waals surface area (Å²) in [5, 5.41) is 3.17. The molecule has 0 spiro atoms. The molecule has 2 fully saturated rings. The fourth-order valence-electron chi connectivity index (χ4n) is 5.12. The highest BCUT2D eigenvalue weighted by molar-refractivity contribution is 5.74. The second kappa shape index (κ2) is 11.5. The molecule has 6 nitrogen and oxygen atoms in total. The first-order valence-corrected chi connectivity index (χ1v) is 12.6. The van der Waals surface area contributed by atoms with Gasteiger partial charge in [0.2, 0.25) is 0 Å². The molecule has 0 atom stereocenters. The highest BCUT2D eigenvalue weighted by Crippen LogP contribution is 2.33. The van der Waals surface area contributed by atoms with Gasteiger partial charge in [-0.1, -0.05) is 25.0 Å². The molecular formula is C26H35F3N4O2. The molecule has 0 bridgehead atoms. The number of halogens is 3. The normalized spacial score (nSPS) is 17.9. The first kappa shape index (κ1) is 25.6. The molecule has 2 aliphatic rings. The summed E-state index contributed by atoms with van der Waals surface area (Å²) in [5.41, 5.74) is 5.55. The third-order valence-corrected chi connectivity index (χ3v) is 7.06. The molecule has 1 aromatic heterocycles. The minimum Gasteiger partial charge on any atom is -0.460 e. The number of furan rings is 1. The molecule has 2 aromatic rings. The first-order chi connectivity index (χ1) is 16.8. The van der Waals surface area contributed by atoms with Crippen LogP contribution in [0.1, 0.15) is 49.8 Å². The Kier molecular flexibility index (Phi) is 8.38. The number of benzene rings is 1. The zero-order valence-corrected chi connectivity index (χ0v) is 20.0. The fraction of sp³-hybridized carbons (Fsp3) is 0.577. The van der Waals surface area contributed by atoms with E-state index in [2.05, 4.69) is 10.2 Å². The van der Waals surface area contributed by atoms with E-state index < -0.39 is 11.7 Å². The van der Waals surface area contributed by atoms with Crippen molar-refractivity contribution in [1.82, 2.24) is 15.1 Å². The molecule has 1 aromatic carbocycles. The van der Waals surface area contributed by atoms with E-state index >= 15 is 0 Å². The van der Waals surface area contributed by atoms with Gasteiger partial charge < -0.3 is 20.4 Å². The van der Waals surface area contributed by atoms with Crippen molar-refractivity contribution in [3.8, 4) is 11.3 Å². The lowest BCUT2D eigenvalue weighted by molar-refractivity contribution is -0.137. The number of nitrogens with one attached hydrogen (secondary N) is 1. The van der Waals surface area contributed by atoms with Crippen LogP contribution in [0.15, 0.2) is 40.8 Å². The maximum Gasteiger partial charge on any atom is 0.416 e. The Balaban J connectivity index is 1.30. The predicted octanol–water partition coefficient (Wildman–Crippen LogP) is 5.09. The molecule has 1 aliphatic carbocycles. The van der Waals surface area contributed by atoms with Crippen molar-refractivity contribution in [2.75, 3.05) is 32.7 Å². The topological polar surface area (TPSA) is 74.7 Å². The number of hydrogen-bond acceptors (Lipinski definition) is 4. The molecule has 1 saturated heterocycles. The third kappa shape index (κ3) is 7.01. The van der Waals surface area contributed by atoms with Crippen LogP contribution in [-0.2, 0) is 12.7 Å². The van der Waals surface area contributed by atoms with Gasteiger partial charge in [0.1, 0.15) is 11.5 Å². The summed E-state index contributed by atoms with van der Waals surface area (Å²) in [6.07, 6.45) is 2.04. The Labute approximate surface area is 204 Å². The van der Waals surface area contributed by atoms with Crippen molar-refractivity contribution in [3.05, 3.63) is 47.7 Å². The Morgan fingerprint density at radius 2 is 1.86 bits per heavy atom. The zero-order chi connectivity index (χ0) is 24.8. The number of carbonyl (C=O) groups excluding carboxylic acids is 1. The summed E-state index contributed by atoms with van der Waals surface area (Å²) in [6.45, 7) is 4.08. The van der Waals surface area contributed by atoms with Crippen molar-refractivity contribution in [2.45, 2.75) is 57.3 Å². The number of rotatable bonds is 8. The van der Waals surface area contributed by atoms with Gasteiger partial charge >= 0.3 is 12.2 Å². The maximum absolute atomic E-state index is 13.1. The lowest BCUT2D eigenvalue weighted by atomic mass is 9.96. The van der Waals surface area contributed by atoms with Crippen LogP contribution < -0.4 is 11.1 Å². The van der Waals surface area contributed by atoms with E-state index in [1.165, 1.54) is 18.9 Å². The molecule has 192 valence electrons. The smallest absolute Gasteiger partial charge is 0.416 e. The number of likely N-dealkylation sites (tertiary alicyclic amines) is 1. The summed E-state index contributed by atoms with van der Waals surface area (Å²) in [5.74, 6) is 1.56. The van der Waals surface area contributed by atoms with E-state index in [1.807, 2.05) is 11.0 Å². The number of piperidine rings is 1. The average molecular weight is 493 g/mol. The number of carbonyl (C=O) groups is 1. The summed E-state index contributed by atoms with van der Waals surface area (Å²) in [7, 11) is 0. The molecule has 2 amide bonds. The number of amides is 2. The van der Waals surface area contributed by atoms with Gasteiger partial charge in [0, 0.05) is 44.3 Å². The molecule has 1 saturated carbocycles. The zero-order valence-electron chi connectivity index (χ0n) is 20.0. The molecular weight excluding hydrogens is 457 g/mol. The van der Waals surface area contributed by atoms with E-state index in [1.54, 1.807) is 12.1 Å². The lowest BCUT2D eigenvalue weighted by Gasteiger charge is -2.35. The van der Waals surface area contributed by atoms with Crippen molar-refractivity contribution in [1.29, 1.82) is 0 Å². The van der Waals surface area contributed by atoms with E-state index in [0.717, 1.165) is 57.5 Å². The standard InChI is InChI=1S/C26H35F3N4O2/c27-26(28,29)21-5-3-4-20(16-21)24-9-8-23(35-24)18-32(15-12-30)17-19-10-13-33(14-11-19)25(34)31-22-6-1-2-7-22/h3-5,8-9,16,19,22H,1-2,6-7,10-15,17-18,30H2,(H,31,34). The number of alkyl halides is 3. The van der Waals surface area contributed by atoms with Crippen LogP contribution in [0.4, 0.5) is 18.0 Å². The minimum atomic E-state index is -4.39. The molecule has 0 radical (unpaired) electrons. The van der Waals surface area contributed by atoms with Gasteiger partial charge in [-0.05, 0) is 55.9 Å². The largest absolute Gasteiger partial charge is 0.460 e. The predicted molar refractivity (Wildman–Crippen MR) is 129 cm³/mol. The van der Waals surface area contributed by atoms with E-state index in [9.17, 15) is 18.0 Å². The van der Waals surface area contributed by atoms with Gasteiger partial charge in [-0.2, -0.15) is 13.2 Å². The highest BCUT2D eigenvalue weighted by Gasteiger charge is 2.31. The van der Waals surface area contributed by atoms with Crippen molar-refractivity contribution in [2.24, 2.45) is 11.7 Å². The van der Waals surface area contributed by atoms with Gasteiger partial charge in [0.25, 0.3) is 0 Å². The Morgan fingerprint density at radius 3 is 2.54 bits per heavy atom. The van der Waals surface area contributed by atoms with E-state index in [-0.39, 0.29) is 6.03 Å². The van der Waals surface area contributed by atoms with E-state index in [0.29, 0.717) is 48.7 Å². The van der Waals surface area contributed by atoms with Crippen LogP contribution in [0.5, 0.6) is 0 Å². The van der Waals surface area contributed by atoms with Crippen LogP contribution in [-0.4, -0.2) is 54.6 Å². The molecule has 4 rings (SSSR count). The van der Waals surface area contributed by atoms with Crippen LogP contribution in [0, 0.1) is 5.92 Å². The Morgan fingerprint density at radius 1 is 1.11 bits per heavy atom. The van der Waals surface area contributed by atoms with Crippen LogP contribution >= 0.6 is 0 Å². The molecule has 2 heterocycles. The third-order valence-electron chi connectivity index (χ3n) is 7.06. The van der Waals surface area contributed by atoms with E-state index in [4.69, 9.17) is 10.2 Å². The van der Waals surface area contributed by atoms with Crippen LogP contribution in [0.3, 0.4) is 0 Å².